The van der Waals surface area contributed by atoms with Gasteiger partial charge in [-0.15, -0.1) is 0 Å². The minimum absolute atomic E-state index is 0.132. The molecule has 34 heavy (non-hydrogen) atoms. The van der Waals surface area contributed by atoms with Gasteiger partial charge in [-0.1, -0.05) is 36.4 Å². The van der Waals surface area contributed by atoms with Crippen LogP contribution >= 0.6 is 0 Å². The van der Waals surface area contributed by atoms with Gasteiger partial charge in [0.05, 0.1) is 4.92 Å². The summed E-state index contributed by atoms with van der Waals surface area (Å²) in [5.74, 6) is 0.0415. The highest BCUT2D eigenvalue weighted by Gasteiger charge is 2.32. The molecular weight excluding hydrogens is 430 g/mol. The molecule has 3 aromatic carbocycles. The number of rotatable bonds is 7. The van der Waals surface area contributed by atoms with E-state index in [9.17, 15) is 19.7 Å². The van der Waals surface area contributed by atoms with Crippen molar-refractivity contribution in [3.8, 4) is 0 Å². The monoisotopic (exact) mass is 457 g/mol. The van der Waals surface area contributed by atoms with Crippen LogP contribution in [0.4, 0.5) is 5.69 Å². The van der Waals surface area contributed by atoms with Gasteiger partial charge in [-0.3, -0.25) is 24.6 Å². The lowest BCUT2D eigenvalue weighted by atomic mass is 9.89. The van der Waals surface area contributed by atoms with Crippen molar-refractivity contribution in [2.45, 2.75) is 31.6 Å². The third kappa shape index (κ3) is 4.19. The number of carbonyl (C=O) groups is 2. The number of likely N-dealkylation sites (tertiary alicyclic amines) is 1. The Hall–Kier alpha value is -3.58. The zero-order chi connectivity index (χ0) is 23.7. The van der Waals surface area contributed by atoms with Crippen LogP contribution in [0.15, 0.2) is 60.7 Å². The molecule has 3 aromatic rings. The van der Waals surface area contributed by atoms with Crippen LogP contribution < -0.4 is 0 Å². The summed E-state index contributed by atoms with van der Waals surface area (Å²) in [5, 5.41) is 12.5. The van der Waals surface area contributed by atoms with Crippen molar-refractivity contribution in [2.24, 2.45) is 0 Å². The molecule has 7 heteroatoms. The molecule has 2 amide bonds. The van der Waals surface area contributed by atoms with Gasteiger partial charge in [-0.25, -0.2) is 0 Å². The molecular formula is C27H27N3O4. The number of hydrogen-bond acceptors (Lipinski definition) is 5. The molecule has 5 rings (SSSR count). The van der Waals surface area contributed by atoms with Crippen LogP contribution in [0.1, 0.15) is 57.9 Å². The Bertz CT molecular complexity index is 1200. The molecule has 2 heterocycles. The number of benzene rings is 3. The molecule has 0 aromatic heterocycles. The molecule has 1 fully saturated rings. The molecule has 0 N–H and O–H groups in total. The smallest absolute Gasteiger partial charge is 0.269 e. The van der Waals surface area contributed by atoms with Crippen molar-refractivity contribution in [3.05, 3.63) is 87.5 Å². The third-order valence-corrected chi connectivity index (χ3v) is 7.12. The fourth-order valence-electron chi connectivity index (χ4n) is 5.25. The largest absolute Gasteiger partial charge is 0.303 e. The molecule has 0 spiro atoms. The number of unbranched alkanes of at least 4 members (excludes halogenated alkanes) is 1. The van der Waals surface area contributed by atoms with Crippen molar-refractivity contribution in [3.63, 3.8) is 0 Å². The number of nitrogens with zero attached hydrogens (tertiary/aromatic N) is 3. The van der Waals surface area contributed by atoms with Gasteiger partial charge < -0.3 is 4.90 Å². The lowest BCUT2D eigenvalue weighted by Crippen LogP contribution is -2.41. The molecule has 0 bridgehead atoms. The van der Waals surface area contributed by atoms with E-state index in [0.29, 0.717) is 23.6 Å². The van der Waals surface area contributed by atoms with Gasteiger partial charge in [0.1, 0.15) is 0 Å². The minimum Gasteiger partial charge on any atom is -0.303 e. The molecule has 2 aliphatic heterocycles. The normalized spacial score (nSPS) is 16.9. The summed E-state index contributed by atoms with van der Waals surface area (Å²) < 4.78 is 0. The Kier molecular flexibility index (Phi) is 6.11. The zero-order valence-corrected chi connectivity index (χ0v) is 19.0. The number of nitro groups is 1. The highest BCUT2D eigenvalue weighted by Crippen LogP contribution is 2.31. The van der Waals surface area contributed by atoms with Crippen molar-refractivity contribution >= 4 is 28.3 Å². The first kappa shape index (κ1) is 22.2. The fourth-order valence-corrected chi connectivity index (χ4v) is 5.25. The predicted octanol–water partition coefficient (Wildman–Crippen LogP) is 5.00. The number of hydrogen-bond donors (Lipinski definition) is 0. The van der Waals surface area contributed by atoms with Crippen molar-refractivity contribution in [1.82, 2.24) is 9.80 Å². The van der Waals surface area contributed by atoms with E-state index >= 15 is 0 Å². The second kappa shape index (κ2) is 9.35. The second-order valence-electron chi connectivity index (χ2n) is 9.14. The van der Waals surface area contributed by atoms with Crippen molar-refractivity contribution < 1.29 is 14.5 Å². The summed E-state index contributed by atoms with van der Waals surface area (Å²) in [7, 11) is 0. The molecule has 0 aliphatic carbocycles. The lowest BCUT2D eigenvalue weighted by molar-refractivity contribution is -0.384. The summed E-state index contributed by atoms with van der Waals surface area (Å²) in [6.45, 7) is 3.34. The molecule has 1 saturated heterocycles. The lowest BCUT2D eigenvalue weighted by Gasteiger charge is -2.32. The SMILES string of the molecule is O=C1c2cccc3cccc(c23)C(=O)N1CCCCN1CCC(c2ccc([N+](=O)[O-])cc2)CC1. The van der Waals surface area contributed by atoms with Gasteiger partial charge in [0.15, 0.2) is 0 Å². The number of carbonyl (C=O) groups excluding carboxylic acids is 2. The predicted molar refractivity (Wildman–Crippen MR) is 130 cm³/mol. The van der Waals surface area contributed by atoms with Crippen LogP contribution in [0.25, 0.3) is 10.8 Å². The van der Waals surface area contributed by atoms with Gasteiger partial charge in [0.2, 0.25) is 0 Å². The van der Waals surface area contributed by atoms with E-state index in [-0.39, 0.29) is 22.4 Å². The number of non-ortho nitro benzene ring substituents is 1. The van der Waals surface area contributed by atoms with Crippen molar-refractivity contribution in [2.75, 3.05) is 26.2 Å². The molecule has 7 nitrogen and oxygen atoms in total. The summed E-state index contributed by atoms with van der Waals surface area (Å²) in [6.07, 6.45) is 3.76. The quantitative estimate of drug-likeness (QED) is 0.216. The Morgan fingerprint density at radius 2 is 1.41 bits per heavy atom. The average Bonchev–Trinajstić information content (AvgIpc) is 2.87. The number of piperidine rings is 1. The standard InChI is InChI=1S/C27H27N3O4/c31-26-23-7-3-5-21-6-4-8-24(25(21)23)27(32)29(26)16-2-1-15-28-17-13-20(14-18-28)19-9-11-22(12-10-19)30(33)34/h3-12,20H,1-2,13-18H2. The van der Waals surface area contributed by atoms with Gasteiger partial charge in [-0.05, 0) is 74.3 Å². The van der Waals surface area contributed by atoms with Gasteiger partial charge >= 0.3 is 0 Å². The van der Waals surface area contributed by atoms with Crippen molar-refractivity contribution in [1.29, 1.82) is 0 Å². The summed E-state index contributed by atoms with van der Waals surface area (Å²) in [5.41, 5.74) is 2.52. The van der Waals surface area contributed by atoms with Gasteiger partial charge in [0, 0.05) is 35.2 Å². The van der Waals surface area contributed by atoms with E-state index in [1.165, 1.54) is 10.5 Å². The number of imide groups is 1. The molecule has 2 aliphatic rings. The first-order valence-electron chi connectivity index (χ1n) is 11.9. The highest BCUT2D eigenvalue weighted by molar-refractivity contribution is 6.25. The zero-order valence-electron chi connectivity index (χ0n) is 19.0. The van der Waals surface area contributed by atoms with Crippen LogP contribution in [-0.4, -0.2) is 52.7 Å². The van der Waals surface area contributed by atoms with E-state index in [0.717, 1.165) is 56.1 Å². The van der Waals surface area contributed by atoms with Crippen LogP contribution in [-0.2, 0) is 0 Å². The Morgan fingerprint density at radius 3 is 2.00 bits per heavy atom. The first-order chi connectivity index (χ1) is 16.5. The Labute approximate surface area is 198 Å². The molecule has 0 radical (unpaired) electrons. The van der Waals surface area contributed by atoms with Crippen LogP contribution in [0, 0.1) is 10.1 Å². The van der Waals surface area contributed by atoms with E-state index in [2.05, 4.69) is 4.90 Å². The third-order valence-electron chi connectivity index (χ3n) is 7.12. The Morgan fingerprint density at radius 1 is 0.824 bits per heavy atom. The van der Waals surface area contributed by atoms with E-state index < -0.39 is 0 Å². The van der Waals surface area contributed by atoms with E-state index in [1.807, 2.05) is 48.5 Å². The fraction of sp³-hybridized carbons (Fsp3) is 0.333. The van der Waals surface area contributed by atoms with Gasteiger partial charge in [-0.2, -0.15) is 0 Å². The number of amides is 2. The summed E-state index contributed by atoms with van der Waals surface area (Å²) >= 11 is 0. The maximum atomic E-state index is 13.0. The minimum atomic E-state index is -0.365. The molecule has 174 valence electrons. The topological polar surface area (TPSA) is 83.8 Å². The second-order valence-corrected chi connectivity index (χ2v) is 9.14. The maximum absolute atomic E-state index is 13.0. The molecule has 0 atom stereocenters. The number of nitro benzene ring substituents is 1. The average molecular weight is 458 g/mol. The molecule has 0 unspecified atom stereocenters. The highest BCUT2D eigenvalue weighted by atomic mass is 16.6. The first-order valence-corrected chi connectivity index (χ1v) is 11.9. The summed E-state index contributed by atoms with van der Waals surface area (Å²) in [4.78, 5) is 40.3. The van der Waals surface area contributed by atoms with Gasteiger partial charge in [0.25, 0.3) is 17.5 Å². The maximum Gasteiger partial charge on any atom is 0.269 e. The Balaban J connectivity index is 1.11. The molecule has 0 saturated carbocycles. The van der Waals surface area contributed by atoms with Crippen LogP contribution in [0.3, 0.4) is 0 Å². The van der Waals surface area contributed by atoms with Crippen LogP contribution in [0.2, 0.25) is 0 Å². The van der Waals surface area contributed by atoms with Crippen LogP contribution in [0.5, 0.6) is 0 Å². The summed E-state index contributed by atoms with van der Waals surface area (Å²) in [6, 6.07) is 18.2. The van der Waals surface area contributed by atoms with E-state index in [1.54, 1.807) is 12.1 Å². The van der Waals surface area contributed by atoms with E-state index in [4.69, 9.17) is 0 Å².